The molecule has 0 bridgehead atoms. The molecule has 2 aromatic rings. The van der Waals surface area contributed by atoms with Crippen LogP contribution < -0.4 is 4.90 Å². The Balaban J connectivity index is 2.07. The third-order valence-electron chi connectivity index (χ3n) is 3.56. The van der Waals surface area contributed by atoms with Gasteiger partial charge in [-0.1, -0.05) is 10.2 Å². The van der Waals surface area contributed by atoms with Crippen molar-refractivity contribution < 1.29 is 0 Å². The van der Waals surface area contributed by atoms with Gasteiger partial charge in [0, 0.05) is 41.7 Å². The fourth-order valence-corrected chi connectivity index (χ4v) is 2.24. The predicted octanol–water partition coefficient (Wildman–Crippen LogP) is 5.40. The van der Waals surface area contributed by atoms with E-state index >= 15 is 0 Å². The van der Waals surface area contributed by atoms with Crippen molar-refractivity contribution >= 4 is 17.1 Å². The molecule has 134 valence electrons. The Hall–Kier alpha value is -4.05. The van der Waals surface area contributed by atoms with E-state index in [2.05, 4.69) is 36.3 Å². The Morgan fingerprint density at radius 2 is 1.30 bits per heavy atom. The summed E-state index contributed by atoms with van der Waals surface area (Å²) in [6.45, 7) is 1.65. The average molecular weight is 360 g/mol. The number of azide groups is 2. The molecule has 0 saturated heterocycles. The molecule has 0 spiro atoms. The van der Waals surface area contributed by atoms with E-state index in [4.69, 9.17) is 16.3 Å². The standard InChI is InChI=1S/C17H16N10/c18-13-14-1-3-15(4-2-14)23-24-16-5-7-17(8-6-16)27(11-9-21-25-19)12-10-22-26-20/h1-8H,9-12H2. The van der Waals surface area contributed by atoms with Crippen LogP contribution in [0.2, 0.25) is 0 Å². The Labute approximate surface area is 155 Å². The fourth-order valence-electron chi connectivity index (χ4n) is 2.24. The van der Waals surface area contributed by atoms with Crippen LogP contribution in [0.3, 0.4) is 0 Å². The Kier molecular flexibility index (Phi) is 7.67. The first-order valence-electron chi connectivity index (χ1n) is 8.05. The molecular weight excluding hydrogens is 344 g/mol. The molecule has 10 heteroatoms. The summed E-state index contributed by atoms with van der Waals surface area (Å²) < 4.78 is 0. The first kappa shape index (κ1) is 19.3. The van der Waals surface area contributed by atoms with Crippen LogP contribution in [0.4, 0.5) is 17.1 Å². The molecule has 0 aliphatic heterocycles. The maximum absolute atomic E-state index is 8.79. The first-order valence-corrected chi connectivity index (χ1v) is 8.05. The molecule has 0 aliphatic rings. The van der Waals surface area contributed by atoms with Crippen molar-refractivity contribution in [2.45, 2.75) is 0 Å². The third-order valence-corrected chi connectivity index (χ3v) is 3.56. The molecule has 2 rings (SSSR count). The van der Waals surface area contributed by atoms with Gasteiger partial charge < -0.3 is 4.90 Å². The Morgan fingerprint density at radius 1 is 0.815 bits per heavy atom. The smallest absolute Gasteiger partial charge is 0.0991 e. The highest BCUT2D eigenvalue weighted by Crippen LogP contribution is 2.22. The lowest BCUT2D eigenvalue weighted by Gasteiger charge is -2.23. The number of hydrogen-bond acceptors (Lipinski definition) is 6. The summed E-state index contributed by atoms with van der Waals surface area (Å²) in [6.07, 6.45) is 0. The van der Waals surface area contributed by atoms with E-state index in [0.29, 0.717) is 43.1 Å². The number of rotatable bonds is 9. The average Bonchev–Trinajstić information content (AvgIpc) is 2.72. The van der Waals surface area contributed by atoms with Gasteiger partial charge in [0.2, 0.25) is 0 Å². The van der Waals surface area contributed by atoms with E-state index in [-0.39, 0.29) is 0 Å². The minimum Gasteiger partial charge on any atom is -0.371 e. The van der Waals surface area contributed by atoms with Crippen molar-refractivity contribution in [3.8, 4) is 6.07 Å². The molecule has 10 nitrogen and oxygen atoms in total. The molecule has 0 saturated carbocycles. The number of benzene rings is 2. The van der Waals surface area contributed by atoms with Crippen molar-refractivity contribution in [2.24, 2.45) is 20.5 Å². The minimum absolute atomic E-state index is 0.312. The van der Waals surface area contributed by atoms with Crippen LogP contribution in [0.25, 0.3) is 20.9 Å². The van der Waals surface area contributed by atoms with Gasteiger partial charge >= 0.3 is 0 Å². The Bertz CT molecular complexity index is 876. The monoisotopic (exact) mass is 360 g/mol. The van der Waals surface area contributed by atoms with Crippen LogP contribution in [0.1, 0.15) is 5.56 Å². The van der Waals surface area contributed by atoms with Crippen molar-refractivity contribution in [3.05, 3.63) is 75.0 Å². The molecule has 0 amide bonds. The summed E-state index contributed by atoms with van der Waals surface area (Å²) in [5.41, 5.74) is 19.6. The molecule has 0 unspecified atom stereocenters. The van der Waals surface area contributed by atoms with Gasteiger partial charge in [-0.15, -0.1) is 0 Å². The van der Waals surface area contributed by atoms with Crippen LogP contribution in [-0.2, 0) is 0 Å². The van der Waals surface area contributed by atoms with E-state index in [1.807, 2.05) is 29.2 Å². The highest BCUT2D eigenvalue weighted by atomic mass is 15.2. The van der Waals surface area contributed by atoms with Gasteiger partial charge in [-0.05, 0) is 59.6 Å². The first-order chi connectivity index (χ1) is 13.3. The van der Waals surface area contributed by atoms with Crippen molar-refractivity contribution in [1.29, 1.82) is 5.26 Å². The maximum atomic E-state index is 8.79. The zero-order chi connectivity index (χ0) is 19.3. The molecule has 0 atom stereocenters. The largest absolute Gasteiger partial charge is 0.371 e. The summed E-state index contributed by atoms with van der Waals surface area (Å²) in [7, 11) is 0. The van der Waals surface area contributed by atoms with Crippen molar-refractivity contribution in [1.82, 2.24) is 0 Å². The Morgan fingerprint density at radius 3 is 1.74 bits per heavy atom. The van der Waals surface area contributed by atoms with E-state index in [0.717, 1.165) is 5.69 Å². The highest BCUT2D eigenvalue weighted by Gasteiger charge is 2.05. The normalized spacial score (nSPS) is 9.89. The zero-order valence-corrected chi connectivity index (χ0v) is 14.4. The number of nitriles is 1. The predicted molar refractivity (Wildman–Crippen MR) is 102 cm³/mol. The van der Waals surface area contributed by atoms with Crippen LogP contribution in [0, 0.1) is 11.3 Å². The van der Waals surface area contributed by atoms with Gasteiger partial charge in [-0.2, -0.15) is 15.5 Å². The second kappa shape index (κ2) is 10.7. The van der Waals surface area contributed by atoms with E-state index in [9.17, 15) is 0 Å². The molecule has 0 N–H and O–H groups in total. The summed E-state index contributed by atoms with van der Waals surface area (Å²) >= 11 is 0. The lowest BCUT2D eigenvalue weighted by Crippen LogP contribution is -2.28. The van der Waals surface area contributed by atoms with Gasteiger partial charge in [0.05, 0.1) is 23.0 Å². The number of nitrogens with zero attached hydrogens (tertiary/aromatic N) is 10. The maximum Gasteiger partial charge on any atom is 0.0991 e. The van der Waals surface area contributed by atoms with Gasteiger partial charge in [0.25, 0.3) is 0 Å². The minimum atomic E-state index is 0.312. The summed E-state index contributed by atoms with van der Waals surface area (Å²) in [5, 5.41) is 24.2. The zero-order valence-electron chi connectivity index (χ0n) is 14.4. The molecule has 0 heterocycles. The van der Waals surface area contributed by atoms with Gasteiger partial charge in [0.15, 0.2) is 0 Å². The third kappa shape index (κ3) is 6.40. The van der Waals surface area contributed by atoms with Crippen LogP contribution in [-0.4, -0.2) is 26.2 Å². The van der Waals surface area contributed by atoms with Crippen LogP contribution in [0.15, 0.2) is 69.0 Å². The van der Waals surface area contributed by atoms with E-state index in [1.54, 1.807) is 24.3 Å². The summed E-state index contributed by atoms with van der Waals surface area (Å²) in [4.78, 5) is 7.46. The second-order valence-electron chi connectivity index (χ2n) is 5.27. The second-order valence-corrected chi connectivity index (χ2v) is 5.27. The molecular formula is C17H16N10. The lowest BCUT2D eigenvalue weighted by atomic mass is 10.2. The van der Waals surface area contributed by atoms with Crippen molar-refractivity contribution in [3.63, 3.8) is 0 Å². The molecule has 0 aliphatic carbocycles. The molecule has 27 heavy (non-hydrogen) atoms. The number of hydrogen-bond donors (Lipinski definition) is 0. The highest BCUT2D eigenvalue weighted by molar-refractivity contribution is 5.53. The molecule has 0 fully saturated rings. The van der Waals surface area contributed by atoms with Crippen LogP contribution in [0.5, 0.6) is 0 Å². The van der Waals surface area contributed by atoms with E-state index in [1.165, 1.54) is 0 Å². The fraction of sp³-hybridized carbons (Fsp3) is 0.235. The SMILES string of the molecule is N#Cc1ccc(N=Nc2ccc(N(CCN=[N+]=[N-])CCN=[N+]=[N-])cc2)cc1. The molecule has 0 aromatic heterocycles. The number of anilines is 1. The number of azo groups is 1. The quantitative estimate of drug-likeness (QED) is 0.334. The molecule has 2 aromatic carbocycles. The summed E-state index contributed by atoms with van der Waals surface area (Å²) in [6, 6.07) is 16.3. The topological polar surface area (TPSA) is 149 Å². The van der Waals surface area contributed by atoms with Gasteiger partial charge in [0.1, 0.15) is 0 Å². The van der Waals surface area contributed by atoms with Gasteiger partial charge in [-0.3, -0.25) is 0 Å². The molecule has 0 radical (unpaired) electrons. The lowest BCUT2D eigenvalue weighted by molar-refractivity contribution is 0.778. The van der Waals surface area contributed by atoms with Gasteiger partial charge in [-0.25, -0.2) is 0 Å². The van der Waals surface area contributed by atoms with E-state index < -0.39 is 0 Å². The van der Waals surface area contributed by atoms with Crippen molar-refractivity contribution in [2.75, 3.05) is 31.1 Å². The summed E-state index contributed by atoms with van der Waals surface area (Å²) in [5.74, 6) is 0. The van der Waals surface area contributed by atoms with Crippen LogP contribution >= 0.6 is 0 Å².